The van der Waals surface area contributed by atoms with Crippen molar-refractivity contribution in [3.63, 3.8) is 0 Å². The standard InChI is InChI=1S/C21H18ClF3N2O/c1-28-17-10-8-16(9-11-17)27-20(21(23,24)25,14-5-3-2-4-6-14)18-13-15(22)7-12-19(18)26/h2-13,27H,26H2,1H3. The van der Waals surface area contributed by atoms with Crippen molar-refractivity contribution in [2.75, 3.05) is 18.2 Å². The molecule has 0 fully saturated rings. The molecule has 146 valence electrons. The molecule has 0 saturated heterocycles. The Labute approximate surface area is 165 Å². The van der Waals surface area contributed by atoms with E-state index >= 15 is 0 Å². The van der Waals surface area contributed by atoms with Crippen LogP contribution in [0.4, 0.5) is 24.5 Å². The molecular weight excluding hydrogens is 389 g/mol. The summed E-state index contributed by atoms with van der Waals surface area (Å²) >= 11 is 6.04. The van der Waals surface area contributed by atoms with Gasteiger partial charge in [-0.2, -0.15) is 13.2 Å². The Morgan fingerprint density at radius 1 is 0.929 bits per heavy atom. The van der Waals surface area contributed by atoms with Crippen molar-refractivity contribution in [3.8, 4) is 5.75 Å². The third kappa shape index (κ3) is 3.60. The van der Waals surface area contributed by atoms with Crippen molar-refractivity contribution >= 4 is 23.0 Å². The zero-order valence-corrected chi connectivity index (χ0v) is 15.7. The summed E-state index contributed by atoms with van der Waals surface area (Å²) in [5.74, 6) is 0.533. The van der Waals surface area contributed by atoms with Gasteiger partial charge in [-0.1, -0.05) is 41.9 Å². The first kappa shape index (κ1) is 19.9. The number of methoxy groups -OCH3 is 1. The van der Waals surface area contributed by atoms with Crippen molar-refractivity contribution in [2.45, 2.75) is 11.7 Å². The van der Waals surface area contributed by atoms with E-state index in [0.29, 0.717) is 5.75 Å². The Kier molecular flexibility index (Phi) is 5.42. The zero-order chi connectivity index (χ0) is 20.4. The topological polar surface area (TPSA) is 47.3 Å². The first-order valence-electron chi connectivity index (χ1n) is 8.38. The van der Waals surface area contributed by atoms with Crippen LogP contribution < -0.4 is 15.8 Å². The minimum absolute atomic E-state index is 0.00714. The lowest BCUT2D eigenvalue weighted by Gasteiger charge is -2.39. The monoisotopic (exact) mass is 406 g/mol. The second-order valence-corrected chi connectivity index (χ2v) is 6.64. The van der Waals surface area contributed by atoms with Crippen LogP contribution >= 0.6 is 11.6 Å². The first-order chi connectivity index (χ1) is 13.3. The molecule has 3 N–H and O–H groups in total. The van der Waals surface area contributed by atoms with E-state index in [1.165, 1.54) is 49.6 Å². The SMILES string of the molecule is COc1ccc(NC(c2ccccc2)(c2cc(Cl)ccc2N)C(F)(F)F)cc1. The zero-order valence-electron chi connectivity index (χ0n) is 14.9. The van der Waals surface area contributed by atoms with Gasteiger partial charge in [0.25, 0.3) is 0 Å². The molecule has 1 atom stereocenters. The summed E-state index contributed by atoms with van der Waals surface area (Å²) in [6.45, 7) is 0. The van der Waals surface area contributed by atoms with Gasteiger partial charge in [0.05, 0.1) is 7.11 Å². The highest BCUT2D eigenvalue weighted by Gasteiger charge is 2.58. The van der Waals surface area contributed by atoms with Gasteiger partial charge >= 0.3 is 6.18 Å². The molecule has 0 amide bonds. The largest absolute Gasteiger partial charge is 0.497 e. The molecule has 3 rings (SSSR count). The Balaban J connectivity index is 2.28. The number of halogens is 4. The van der Waals surface area contributed by atoms with Gasteiger partial charge in [0.1, 0.15) is 5.75 Å². The minimum Gasteiger partial charge on any atom is -0.497 e. The molecular formula is C21H18ClF3N2O. The van der Waals surface area contributed by atoms with Crippen LogP contribution in [0.25, 0.3) is 0 Å². The summed E-state index contributed by atoms with van der Waals surface area (Å²) < 4.78 is 49.2. The number of anilines is 2. The van der Waals surface area contributed by atoms with Crippen LogP contribution in [-0.4, -0.2) is 13.3 Å². The van der Waals surface area contributed by atoms with Crippen LogP contribution in [0, 0.1) is 0 Å². The average molecular weight is 407 g/mol. The number of hydrogen-bond donors (Lipinski definition) is 2. The second-order valence-electron chi connectivity index (χ2n) is 6.20. The van der Waals surface area contributed by atoms with E-state index in [2.05, 4.69) is 5.32 Å². The summed E-state index contributed by atoms with van der Waals surface area (Å²) in [5, 5.41) is 2.82. The molecule has 3 aromatic rings. The lowest BCUT2D eigenvalue weighted by Crippen LogP contribution is -2.50. The predicted molar refractivity (Wildman–Crippen MR) is 106 cm³/mol. The van der Waals surface area contributed by atoms with Crippen LogP contribution in [0.15, 0.2) is 72.8 Å². The fourth-order valence-electron chi connectivity index (χ4n) is 3.11. The number of ether oxygens (including phenoxy) is 1. The van der Waals surface area contributed by atoms with Gasteiger partial charge in [-0.15, -0.1) is 0 Å². The van der Waals surface area contributed by atoms with Gasteiger partial charge in [0.15, 0.2) is 5.54 Å². The Bertz CT molecular complexity index is 946. The summed E-state index contributed by atoms with van der Waals surface area (Å²) in [4.78, 5) is 0. The highest BCUT2D eigenvalue weighted by Crippen LogP contribution is 2.49. The smallest absolute Gasteiger partial charge is 0.420 e. The molecule has 7 heteroatoms. The maximum absolute atomic E-state index is 14.7. The molecule has 1 unspecified atom stereocenters. The molecule has 0 aliphatic rings. The van der Waals surface area contributed by atoms with E-state index in [9.17, 15) is 13.2 Å². The molecule has 0 radical (unpaired) electrons. The molecule has 0 saturated carbocycles. The van der Waals surface area contributed by atoms with Gasteiger partial charge in [0, 0.05) is 22.0 Å². The van der Waals surface area contributed by atoms with Crippen LogP contribution in [0.2, 0.25) is 5.02 Å². The lowest BCUT2D eigenvalue weighted by atomic mass is 9.80. The third-order valence-corrected chi connectivity index (χ3v) is 4.71. The van der Waals surface area contributed by atoms with Gasteiger partial charge < -0.3 is 15.8 Å². The number of hydrogen-bond acceptors (Lipinski definition) is 3. The van der Waals surface area contributed by atoms with Crippen molar-refractivity contribution in [3.05, 3.63) is 88.9 Å². The van der Waals surface area contributed by atoms with E-state index in [4.69, 9.17) is 22.1 Å². The Morgan fingerprint density at radius 2 is 1.57 bits per heavy atom. The summed E-state index contributed by atoms with van der Waals surface area (Å²) in [6, 6.07) is 17.8. The molecule has 28 heavy (non-hydrogen) atoms. The van der Waals surface area contributed by atoms with Crippen LogP contribution in [0.3, 0.4) is 0 Å². The fraction of sp³-hybridized carbons (Fsp3) is 0.143. The number of benzene rings is 3. The molecule has 0 aliphatic carbocycles. The Morgan fingerprint density at radius 3 is 2.14 bits per heavy atom. The maximum Gasteiger partial charge on any atom is 0.420 e. The summed E-state index contributed by atoms with van der Waals surface area (Å²) in [6.07, 6.45) is -4.73. The van der Waals surface area contributed by atoms with Gasteiger partial charge in [0.2, 0.25) is 0 Å². The van der Waals surface area contributed by atoms with Crippen LogP contribution in [0.5, 0.6) is 5.75 Å². The van der Waals surface area contributed by atoms with E-state index in [1.54, 1.807) is 30.3 Å². The molecule has 0 heterocycles. The average Bonchev–Trinajstić information content (AvgIpc) is 2.68. The molecule has 0 spiro atoms. The molecule has 0 bridgehead atoms. The molecule has 0 aliphatic heterocycles. The van der Waals surface area contributed by atoms with Gasteiger partial charge in [-0.3, -0.25) is 0 Å². The normalized spacial score (nSPS) is 13.6. The van der Waals surface area contributed by atoms with E-state index in [-0.39, 0.29) is 27.5 Å². The highest BCUT2D eigenvalue weighted by molar-refractivity contribution is 6.30. The lowest BCUT2D eigenvalue weighted by molar-refractivity contribution is -0.170. The number of nitrogen functional groups attached to an aromatic ring is 1. The second kappa shape index (κ2) is 7.64. The summed E-state index contributed by atoms with van der Waals surface area (Å²) in [5.41, 5.74) is 3.44. The highest BCUT2D eigenvalue weighted by atomic mass is 35.5. The fourth-order valence-corrected chi connectivity index (χ4v) is 3.29. The Hall–Kier alpha value is -2.86. The predicted octanol–water partition coefficient (Wildman–Crippen LogP) is 5.85. The number of nitrogens with one attached hydrogen (secondary N) is 1. The number of alkyl halides is 3. The van der Waals surface area contributed by atoms with Crippen molar-refractivity contribution in [1.29, 1.82) is 0 Å². The van der Waals surface area contributed by atoms with E-state index in [0.717, 1.165) is 0 Å². The maximum atomic E-state index is 14.7. The van der Waals surface area contributed by atoms with Crippen molar-refractivity contribution in [1.82, 2.24) is 0 Å². The van der Waals surface area contributed by atoms with Gasteiger partial charge in [-0.05, 0) is 48.0 Å². The first-order valence-corrected chi connectivity index (χ1v) is 8.76. The molecule has 3 nitrogen and oxygen atoms in total. The van der Waals surface area contributed by atoms with Crippen LogP contribution in [0.1, 0.15) is 11.1 Å². The van der Waals surface area contributed by atoms with Gasteiger partial charge in [-0.25, -0.2) is 0 Å². The third-order valence-electron chi connectivity index (χ3n) is 4.47. The van der Waals surface area contributed by atoms with Crippen molar-refractivity contribution < 1.29 is 17.9 Å². The molecule has 0 aromatic heterocycles. The number of nitrogens with two attached hydrogens (primary N) is 1. The van der Waals surface area contributed by atoms with Crippen molar-refractivity contribution in [2.24, 2.45) is 0 Å². The van der Waals surface area contributed by atoms with E-state index < -0.39 is 11.7 Å². The minimum atomic E-state index is -4.73. The van der Waals surface area contributed by atoms with Crippen LogP contribution in [-0.2, 0) is 5.54 Å². The molecule has 3 aromatic carbocycles. The quantitative estimate of drug-likeness (QED) is 0.522. The summed E-state index contributed by atoms with van der Waals surface area (Å²) in [7, 11) is 1.49. The van der Waals surface area contributed by atoms with E-state index in [1.807, 2.05) is 0 Å². The number of rotatable bonds is 5.